The van der Waals surface area contributed by atoms with Gasteiger partial charge in [-0.05, 0) is 75.6 Å². The normalized spacial score (nSPS) is 17.4. The van der Waals surface area contributed by atoms with E-state index in [1.807, 2.05) is 26.8 Å². The van der Waals surface area contributed by atoms with Crippen LogP contribution in [0, 0.1) is 0 Å². The monoisotopic (exact) mass is 406 g/mol. The third kappa shape index (κ3) is 4.74. The molecule has 1 atom stereocenters. The van der Waals surface area contributed by atoms with Crippen molar-refractivity contribution in [3.05, 3.63) is 70.8 Å². The summed E-state index contributed by atoms with van der Waals surface area (Å²) in [6.07, 6.45) is 10.1. The van der Waals surface area contributed by atoms with Crippen molar-refractivity contribution in [2.75, 3.05) is 0 Å². The van der Waals surface area contributed by atoms with Gasteiger partial charge in [0, 0.05) is 0 Å². The number of benzene rings is 2. The van der Waals surface area contributed by atoms with E-state index < -0.39 is 11.4 Å². The third-order valence-electron chi connectivity index (χ3n) is 4.99. The second-order valence-corrected chi connectivity index (χ2v) is 7.89. The van der Waals surface area contributed by atoms with Gasteiger partial charge in [-0.2, -0.15) is 0 Å². The van der Waals surface area contributed by atoms with Gasteiger partial charge in [0.1, 0.15) is 17.1 Å². The van der Waals surface area contributed by atoms with Crippen molar-refractivity contribution in [2.24, 2.45) is 0 Å². The quantitative estimate of drug-likeness (QED) is 0.251. The molecule has 0 saturated heterocycles. The molecule has 30 heavy (non-hydrogen) atoms. The maximum absolute atomic E-state index is 12.6. The van der Waals surface area contributed by atoms with Crippen LogP contribution in [0.1, 0.15) is 55.1 Å². The maximum atomic E-state index is 12.6. The number of hydrogen-bond acceptors (Lipinski definition) is 5. The number of allylic oxidation sites excluding steroid dienone is 3. The molecule has 1 aliphatic rings. The molecule has 5 heteroatoms. The first kappa shape index (κ1) is 21.2. The lowest BCUT2D eigenvalue weighted by molar-refractivity contribution is 0.104. The minimum absolute atomic E-state index is 0.0114. The molecule has 156 valence electrons. The van der Waals surface area contributed by atoms with Gasteiger partial charge in [0.05, 0.1) is 11.1 Å². The molecule has 2 aromatic carbocycles. The number of rotatable bonds is 6. The van der Waals surface area contributed by atoms with Crippen LogP contribution in [-0.4, -0.2) is 26.7 Å². The molecule has 1 heterocycles. The van der Waals surface area contributed by atoms with Crippen LogP contribution in [-0.2, 0) is 0 Å². The minimum atomic E-state index is -0.618. The van der Waals surface area contributed by atoms with E-state index in [9.17, 15) is 20.1 Å². The summed E-state index contributed by atoms with van der Waals surface area (Å²) in [6, 6.07) is 7.59. The maximum Gasteiger partial charge on any atom is 0.189 e. The van der Waals surface area contributed by atoms with Gasteiger partial charge in [0.25, 0.3) is 0 Å². The lowest BCUT2D eigenvalue weighted by Gasteiger charge is -2.32. The summed E-state index contributed by atoms with van der Waals surface area (Å²) in [5.74, 6) is -0.569. The van der Waals surface area contributed by atoms with Crippen LogP contribution >= 0.6 is 0 Å². The number of aromatic hydroxyl groups is 3. The van der Waals surface area contributed by atoms with Gasteiger partial charge in [0.2, 0.25) is 0 Å². The molecular weight excluding hydrogens is 380 g/mol. The molecule has 0 saturated carbocycles. The molecule has 0 amide bonds. The molecule has 0 radical (unpaired) electrons. The molecule has 3 N–H and O–H groups in total. The fourth-order valence-corrected chi connectivity index (χ4v) is 3.27. The molecule has 0 unspecified atom stereocenters. The van der Waals surface area contributed by atoms with Gasteiger partial charge in [-0.15, -0.1) is 0 Å². The Morgan fingerprint density at radius 3 is 2.50 bits per heavy atom. The van der Waals surface area contributed by atoms with E-state index in [1.165, 1.54) is 29.8 Å². The Hall–Kier alpha value is -3.47. The molecule has 3 rings (SSSR count). The molecule has 0 fully saturated rings. The van der Waals surface area contributed by atoms with E-state index in [0.717, 1.165) is 12.0 Å². The van der Waals surface area contributed by atoms with Gasteiger partial charge in [0.15, 0.2) is 17.3 Å². The van der Waals surface area contributed by atoms with Crippen molar-refractivity contribution in [3.8, 4) is 23.0 Å². The number of carbonyl (C=O) groups is 1. The van der Waals surface area contributed by atoms with Crippen LogP contribution in [0.4, 0.5) is 0 Å². The summed E-state index contributed by atoms with van der Waals surface area (Å²) in [7, 11) is 0. The predicted octanol–water partition coefficient (Wildman–Crippen LogP) is 5.61. The van der Waals surface area contributed by atoms with Crippen molar-refractivity contribution in [2.45, 2.75) is 39.2 Å². The first-order chi connectivity index (χ1) is 14.2. The highest BCUT2D eigenvalue weighted by Gasteiger charge is 2.31. The first-order valence-electron chi connectivity index (χ1n) is 9.80. The predicted molar refractivity (Wildman–Crippen MR) is 118 cm³/mol. The van der Waals surface area contributed by atoms with Gasteiger partial charge in [-0.1, -0.05) is 29.9 Å². The average molecular weight is 406 g/mol. The number of phenols is 3. The summed E-state index contributed by atoms with van der Waals surface area (Å²) < 4.78 is 6.01. The van der Waals surface area contributed by atoms with E-state index >= 15 is 0 Å². The Balaban J connectivity index is 1.85. The second-order valence-electron chi connectivity index (χ2n) is 7.89. The van der Waals surface area contributed by atoms with Gasteiger partial charge < -0.3 is 20.1 Å². The van der Waals surface area contributed by atoms with E-state index in [0.29, 0.717) is 6.42 Å². The summed E-state index contributed by atoms with van der Waals surface area (Å²) in [6.45, 7) is 5.99. The van der Waals surface area contributed by atoms with Gasteiger partial charge in [-0.25, -0.2) is 0 Å². The zero-order valence-corrected chi connectivity index (χ0v) is 17.3. The van der Waals surface area contributed by atoms with Crippen molar-refractivity contribution < 1.29 is 24.9 Å². The lowest BCUT2D eigenvalue weighted by atomic mass is 9.92. The number of ether oxygens (including phenoxy) is 1. The lowest BCUT2D eigenvalue weighted by Crippen LogP contribution is -2.31. The molecule has 0 aromatic heterocycles. The van der Waals surface area contributed by atoms with Crippen LogP contribution in [0.25, 0.3) is 12.2 Å². The highest BCUT2D eigenvalue weighted by Crippen LogP contribution is 2.45. The largest absolute Gasteiger partial charge is 0.508 e. The molecule has 2 aromatic rings. The van der Waals surface area contributed by atoms with Crippen LogP contribution in [0.5, 0.6) is 23.0 Å². The van der Waals surface area contributed by atoms with E-state index in [2.05, 4.69) is 6.08 Å². The fraction of sp³-hybridized carbons (Fsp3) is 0.240. The summed E-state index contributed by atoms with van der Waals surface area (Å²) >= 11 is 0. The zero-order valence-electron chi connectivity index (χ0n) is 17.3. The SMILES string of the molecule is CC(C)=CCC[C@@]1(C)C=Cc2c(O)c(C(=O)/C=C/c3ccc(O)cc3)cc(O)c2O1. The van der Waals surface area contributed by atoms with Crippen LogP contribution in [0.15, 0.2) is 54.1 Å². The van der Waals surface area contributed by atoms with E-state index in [-0.39, 0.29) is 34.1 Å². The summed E-state index contributed by atoms with van der Waals surface area (Å²) in [5.41, 5.74) is 1.60. The van der Waals surface area contributed by atoms with Gasteiger partial charge >= 0.3 is 0 Å². The summed E-state index contributed by atoms with van der Waals surface area (Å²) in [4.78, 5) is 12.6. The average Bonchev–Trinajstić information content (AvgIpc) is 2.69. The summed E-state index contributed by atoms with van der Waals surface area (Å²) in [5, 5.41) is 30.5. The second kappa shape index (κ2) is 8.49. The molecule has 0 aliphatic carbocycles. The van der Waals surface area contributed by atoms with Crippen LogP contribution in [0.2, 0.25) is 0 Å². The Labute approximate surface area is 176 Å². The number of hydrogen-bond donors (Lipinski definition) is 3. The third-order valence-corrected chi connectivity index (χ3v) is 4.99. The Kier molecular flexibility index (Phi) is 6.01. The minimum Gasteiger partial charge on any atom is -0.508 e. The van der Waals surface area contributed by atoms with E-state index in [1.54, 1.807) is 24.3 Å². The van der Waals surface area contributed by atoms with E-state index in [4.69, 9.17) is 4.74 Å². The number of carbonyl (C=O) groups excluding carboxylic acids is 1. The smallest absolute Gasteiger partial charge is 0.189 e. The molecular formula is C25H26O5. The fourth-order valence-electron chi connectivity index (χ4n) is 3.27. The van der Waals surface area contributed by atoms with Crippen molar-refractivity contribution >= 4 is 17.9 Å². The highest BCUT2D eigenvalue weighted by atomic mass is 16.5. The van der Waals surface area contributed by atoms with Gasteiger partial charge in [-0.3, -0.25) is 4.79 Å². The molecule has 1 aliphatic heterocycles. The first-order valence-corrected chi connectivity index (χ1v) is 9.80. The van der Waals surface area contributed by atoms with Crippen molar-refractivity contribution in [1.29, 1.82) is 0 Å². The van der Waals surface area contributed by atoms with Crippen molar-refractivity contribution in [1.82, 2.24) is 0 Å². The Morgan fingerprint density at radius 1 is 1.13 bits per heavy atom. The Morgan fingerprint density at radius 2 is 1.83 bits per heavy atom. The number of ketones is 1. The molecule has 0 bridgehead atoms. The number of phenolic OH excluding ortho intramolecular Hbond substituents is 3. The van der Waals surface area contributed by atoms with Crippen LogP contribution < -0.4 is 4.74 Å². The zero-order chi connectivity index (χ0) is 21.9. The molecule has 0 spiro atoms. The topological polar surface area (TPSA) is 87.0 Å². The number of fused-ring (bicyclic) bond motifs is 1. The highest BCUT2D eigenvalue weighted by molar-refractivity contribution is 6.10. The Bertz CT molecular complexity index is 1040. The molecule has 5 nitrogen and oxygen atoms in total. The standard InChI is InChI=1S/C25H26O5/c1-16(2)5-4-13-25(3)14-12-19-23(29)20(15-22(28)24(19)30-25)21(27)11-8-17-6-9-18(26)10-7-17/h5-12,14-15,26,28-29H,4,13H2,1-3H3/b11-8+/t25-/m0/s1. The van der Waals surface area contributed by atoms with Crippen LogP contribution in [0.3, 0.4) is 0 Å². The van der Waals surface area contributed by atoms with Crippen molar-refractivity contribution in [3.63, 3.8) is 0 Å².